The van der Waals surface area contributed by atoms with Gasteiger partial charge in [-0.1, -0.05) is 37.8 Å². The first-order valence-corrected chi connectivity index (χ1v) is 20.3. The highest BCUT2D eigenvalue weighted by Gasteiger charge is 2.23. The molecule has 48 heavy (non-hydrogen) atoms. The Bertz CT molecular complexity index is 2250. The average molecular weight is 689 g/mol. The zero-order valence-electron chi connectivity index (χ0n) is 27.3. The molecule has 6 rings (SSSR count). The van der Waals surface area contributed by atoms with E-state index in [0.717, 1.165) is 17.7 Å². The third-order valence-corrected chi connectivity index (χ3v) is 10.1. The summed E-state index contributed by atoms with van der Waals surface area (Å²) in [6, 6.07) is 15.6. The molecule has 6 aromatic rings. The molecule has 250 valence electrons. The number of nitrogens with one attached hydrogen (secondary N) is 2. The summed E-state index contributed by atoms with van der Waals surface area (Å²) in [6.45, 7) is 11.3. The minimum atomic E-state index is -3.01. The summed E-state index contributed by atoms with van der Waals surface area (Å²) in [5.74, 6) is 0.230. The van der Waals surface area contributed by atoms with Crippen LogP contribution in [-0.4, -0.2) is 51.8 Å². The van der Waals surface area contributed by atoms with Crippen molar-refractivity contribution in [3.8, 4) is 16.8 Å². The van der Waals surface area contributed by atoms with Gasteiger partial charge in [0.25, 0.3) is 5.56 Å². The van der Waals surface area contributed by atoms with Crippen molar-refractivity contribution in [3.05, 3.63) is 101 Å². The fourth-order valence-electron chi connectivity index (χ4n) is 5.61. The lowest BCUT2D eigenvalue weighted by molar-refractivity contribution is 0.0899. The van der Waals surface area contributed by atoms with Crippen LogP contribution in [0.15, 0.2) is 78.1 Å². The predicted octanol–water partition coefficient (Wildman–Crippen LogP) is 5.77. The van der Waals surface area contributed by atoms with E-state index >= 15 is 0 Å². The largest absolute Gasteiger partial charge is 0.361 e. The summed E-state index contributed by atoms with van der Waals surface area (Å²) in [7, 11) is -4.34. The van der Waals surface area contributed by atoms with E-state index in [1.165, 1.54) is 12.4 Å². The zero-order chi connectivity index (χ0) is 34.2. The van der Waals surface area contributed by atoms with Crippen LogP contribution in [0, 0.1) is 12.7 Å². The number of ether oxygens (including phenoxy) is 1. The number of aromatic nitrogens is 6. The first kappa shape index (κ1) is 33.1. The van der Waals surface area contributed by atoms with Crippen LogP contribution < -0.4 is 15.6 Å². The lowest BCUT2D eigenvalue weighted by Gasteiger charge is -2.20. The molecule has 0 aliphatic carbocycles. The number of benzene rings is 2. The second kappa shape index (κ2) is 13.3. The van der Waals surface area contributed by atoms with Crippen molar-refractivity contribution in [3.63, 3.8) is 0 Å². The summed E-state index contributed by atoms with van der Waals surface area (Å²) >= 11 is 0. The van der Waals surface area contributed by atoms with E-state index in [-0.39, 0.29) is 18.0 Å². The van der Waals surface area contributed by atoms with Crippen LogP contribution in [0.1, 0.15) is 24.4 Å². The normalized spacial score (nSPS) is 12.6. The third-order valence-electron chi connectivity index (χ3n) is 7.98. The molecular weight excluding hydrogens is 652 g/mol. The van der Waals surface area contributed by atoms with Crippen molar-refractivity contribution < 1.29 is 17.5 Å². The molecule has 4 aromatic heterocycles. The lowest BCUT2D eigenvalue weighted by Crippen LogP contribution is -2.29. The van der Waals surface area contributed by atoms with Crippen molar-refractivity contribution >= 4 is 47.0 Å². The molecule has 0 radical (unpaired) electrons. The first-order valence-electron chi connectivity index (χ1n) is 15.5. The number of aryl methyl sites for hydroxylation is 1. The molecule has 0 aliphatic heterocycles. The summed E-state index contributed by atoms with van der Waals surface area (Å²) in [6.07, 6.45) is 4.98. The monoisotopic (exact) mass is 688 g/mol. The number of nitrogens with zero attached hydrogens (tertiary/aromatic N) is 6. The van der Waals surface area contributed by atoms with Crippen molar-refractivity contribution in [2.75, 3.05) is 16.6 Å². The quantitative estimate of drug-likeness (QED) is 0.0838. The molecule has 15 heteroatoms. The van der Waals surface area contributed by atoms with Gasteiger partial charge in [0.1, 0.15) is 35.9 Å². The molecule has 0 bridgehead atoms. The van der Waals surface area contributed by atoms with Crippen LogP contribution in [-0.2, 0) is 22.4 Å². The molecule has 0 spiro atoms. The molecular formula is C33H37FN8O4SSi. The van der Waals surface area contributed by atoms with Gasteiger partial charge >= 0.3 is 0 Å². The maximum atomic E-state index is 14.9. The van der Waals surface area contributed by atoms with Gasteiger partial charge in [0.05, 0.1) is 22.8 Å². The van der Waals surface area contributed by atoms with E-state index < -0.39 is 30.8 Å². The van der Waals surface area contributed by atoms with Crippen LogP contribution in [0.25, 0.3) is 33.4 Å². The van der Waals surface area contributed by atoms with E-state index in [1.54, 1.807) is 27.5 Å². The van der Waals surface area contributed by atoms with Gasteiger partial charge < -0.3 is 14.6 Å². The Morgan fingerprint density at radius 3 is 2.56 bits per heavy atom. The van der Waals surface area contributed by atoms with Crippen molar-refractivity contribution in [2.24, 2.45) is 0 Å². The fourth-order valence-corrected chi connectivity index (χ4v) is 6.71. The molecule has 1 atom stereocenters. The van der Waals surface area contributed by atoms with Gasteiger partial charge in [0, 0.05) is 32.6 Å². The predicted molar refractivity (Wildman–Crippen MR) is 189 cm³/mol. The summed E-state index contributed by atoms with van der Waals surface area (Å²) in [5.41, 5.74) is 3.31. The van der Waals surface area contributed by atoms with Gasteiger partial charge in [-0.25, -0.2) is 27.3 Å². The van der Waals surface area contributed by atoms with E-state index in [9.17, 15) is 17.6 Å². The maximum absolute atomic E-state index is 14.9. The van der Waals surface area contributed by atoms with E-state index in [1.807, 2.05) is 54.8 Å². The molecule has 4 heterocycles. The molecule has 2 N–H and O–H groups in total. The number of hydrogen-bond acceptors (Lipinski definition) is 8. The Morgan fingerprint density at radius 1 is 1.06 bits per heavy atom. The Balaban J connectivity index is 1.48. The van der Waals surface area contributed by atoms with Crippen LogP contribution in [0.3, 0.4) is 0 Å². The van der Waals surface area contributed by atoms with Gasteiger partial charge in [-0.2, -0.15) is 5.10 Å². The summed E-state index contributed by atoms with van der Waals surface area (Å²) < 4.78 is 51.1. The van der Waals surface area contributed by atoms with E-state index in [4.69, 9.17) is 9.84 Å². The highest BCUT2D eigenvalue weighted by atomic mass is 32.2. The number of hydrogen-bond donors (Lipinski definition) is 3. The Labute approximate surface area is 279 Å². The van der Waals surface area contributed by atoms with Gasteiger partial charge in [-0.05, 0) is 67.4 Å². The molecule has 0 unspecified atom stereocenters. The molecule has 0 amide bonds. The number of thiol groups is 1. The number of anilines is 2. The maximum Gasteiger partial charge on any atom is 0.282 e. The van der Waals surface area contributed by atoms with Crippen molar-refractivity contribution in [1.82, 2.24) is 28.7 Å². The lowest BCUT2D eigenvalue weighted by atomic mass is 10.0. The Morgan fingerprint density at radius 2 is 1.83 bits per heavy atom. The minimum absolute atomic E-state index is 0.0829. The van der Waals surface area contributed by atoms with Gasteiger partial charge in [0.15, 0.2) is 5.82 Å². The topological polar surface area (TPSA) is 137 Å². The molecule has 0 aliphatic rings. The van der Waals surface area contributed by atoms with Gasteiger partial charge in [-0.3, -0.25) is 14.1 Å². The standard InChI is InChI=1S/C33H37FN8O4SSi/c1-21-11-12-41-29(21)33(43)42(26-9-7-6-8-10-26)31(38-41)22(2)37-30-28-27(23-15-24(34)17-25(16-23)39-47(44)45)18-40(32(28)36-19-35-30)20-46-13-14-48(3,4)5/h6-12,15-19,22,47H,13-14,20H2,1-5H3,(H,35,36,37)(H,39,44,45)/t22-/m0/s1. The third kappa shape index (κ3) is 6.88. The van der Waals surface area contributed by atoms with Crippen molar-refractivity contribution in [1.29, 1.82) is 0 Å². The Kier molecular flexibility index (Phi) is 9.18. The number of halogens is 1. The van der Waals surface area contributed by atoms with Gasteiger partial charge in [0.2, 0.25) is 10.9 Å². The number of rotatable bonds is 12. The summed E-state index contributed by atoms with van der Waals surface area (Å²) in [4.78, 5) is 23.1. The second-order valence-electron chi connectivity index (χ2n) is 12.9. The molecule has 0 saturated carbocycles. The Hall–Kier alpha value is -4.86. The highest BCUT2D eigenvalue weighted by molar-refractivity contribution is 7.73. The minimum Gasteiger partial charge on any atom is -0.361 e. The molecule has 12 nitrogen and oxygen atoms in total. The van der Waals surface area contributed by atoms with E-state index in [2.05, 4.69) is 39.6 Å². The van der Waals surface area contributed by atoms with Crippen LogP contribution in [0.4, 0.5) is 15.9 Å². The van der Waals surface area contributed by atoms with Crippen LogP contribution >= 0.6 is 0 Å². The van der Waals surface area contributed by atoms with Crippen LogP contribution in [0.5, 0.6) is 0 Å². The van der Waals surface area contributed by atoms with Crippen molar-refractivity contribution in [2.45, 2.75) is 52.3 Å². The molecule has 0 fully saturated rings. The fraction of sp³-hybridized carbons (Fsp3) is 0.273. The molecule has 2 aromatic carbocycles. The highest BCUT2D eigenvalue weighted by Crippen LogP contribution is 2.36. The first-order chi connectivity index (χ1) is 22.9. The smallest absolute Gasteiger partial charge is 0.282 e. The molecule has 0 saturated heterocycles. The average Bonchev–Trinajstić information content (AvgIpc) is 3.59. The number of fused-ring (bicyclic) bond motifs is 2. The SMILES string of the molecule is Cc1ccn2nc([C@H](C)Nc3ncnc4c3c(-c3cc(F)cc(N[SH](=O)=O)c3)cn4COCC[Si](C)(C)C)n(-c3ccccc3)c(=O)c12. The number of para-hydroxylation sites is 1. The second-order valence-corrected chi connectivity index (χ2v) is 19.2. The summed E-state index contributed by atoms with van der Waals surface area (Å²) in [5, 5.41) is 8.86. The van der Waals surface area contributed by atoms with Crippen LogP contribution in [0.2, 0.25) is 25.7 Å². The van der Waals surface area contributed by atoms with Gasteiger partial charge in [-0.15, -0.1) is 0 Å². The van der Waals surface area contributed by atoms with E-state index in [0.29, 0.717) is 51.6 Å². The zero-order valence-corrected chi connectivity index (χ0v) is 29.2.